The molecule has 23 heavy (non-hydrogen) atoms. The van der Waals surface area contributed by atoms with E-state index in [0.717, 1.165) is 10.7 Å². The van der Waals surface area contributed by atoms with Crippen LogP contribution >= 0.6 is 11.3 Å². The van der Waals surface area contributed by atoms with Gasteiger partial charge in [0.25, 0.3) is 0 Å². The molecular weight excluding hydrogens is 314 g/mol. The number of carboxylic acids is 1. The largest absolute Gasteiger partial charge is 0.481 e. The van der Waals surface area contributed by atoms with Gasteiger partial charge in [-0.2, -0.15) is 0 Å². The lowest BCUT2D eigenvalue weighted by Gasteiger charge is -2.52. The van der Waals surface area contributed by atoms with Crippen LogP contribution in [0.5, 0.6) is 0 Å². The van der Waals surface area contributed by atoms with Gasteiger partial charge in [-0.3, -0.25) is 10.1 Å². The summed E-state index contributed by atoms with van der Waals surface area (Å²) in [6, 6.07) is -0.353. The van der Waals surface area contributed by atoms with E-state index in [9.17, 15) is 14.7 Å². The van der Waals surface area contributed by atoms with Crippen LogP contribution in [0.25, 0.3) is 0 Å². The lowest BCUT2D eigenvalue weighted by atomic mass is 9.53. The van der Waals surface area contributed by atoms with Crippen molar-refractivity contribution in [1.82, 2.24) is 10.3 Å². The molecule has 0 bridgehead atoms. The Kier molecular flexibility index (Phi) is 4.98. The predicted octanol–water partition coefficient (Wildman–Crippen LogP) is 3.52. The molecular formula is C16H25N3O3S. The number of carboxylic acid groups (broad SMARTS) is 1. The second-order valence-electron chi connectivity index (χ2n) is 7.16. The summed E-state index contributed by atoms with van der Waals surface area (Å²) < 4.78 is 0. The van der Waals surface area contributed by atoms with E-state index in [2.05, 4.69) is 15.6 Å². The van der Waals surface area contributed by atoms with Crippen molar-refractivity contribution in [3.05, 3.63) is 11.2 Å². The Balaban J connectivity index is 1.93. The number of nitrogens with zero attached hydrogens (tertiary/aromatic N) is 1. The maximum absolute atomic E-state index is 12.2. The number of amides is 2. The maximum Gasteiger partial charge on any atom is 0.320 e. The van der Waals surface area contributed by atoms with E-state index in [-0.39, 0.29) is 35.2 Å². The number of rotatable bonds is 5. The van der Waals surface area contributed by atoms with Crippen LogP contribution in [0.1, 0.15) is 52.7 Å². The number of urea groups is 1. The number of thiazole rings is 1. The molecule has 0 spiro atoms. The van der Waals surface area contributed by atoms with Crippen LogP contribution in [0, 0.1) is 17.3 Å². The number of hydrogen-bond acceptors (Lipinski definition) is 4. The van der Waals surface area contributed by atoms with Crippen molar-refractivity contribution >= 4 is 28.3 Å². The number of nitrogens with one attached hydrogen (secondary N) is 2. The van der Waals surface area contributed by atoms with Crippen molar-refractivity contribution in [3.63, 3.8) is 0 Å². The number of hydrogen-bond donors (Lipinski definition) is 3. The molecule has 6 nitrogen and oxygen atoms in total. The quantitative estimate of drug-likeness (QED) is 0.765. The molecule has 0 saturated heterocycles. The molecule has 2 rings (SSSR count). The van der Waals surface area contributed by atoms with Gasteiger partial charge in [0.15, 0.2) is 0 Å². The first-order chi connectivity index (χ1) is 10.6. The summed E-state index contributed by atoms with van der Waals surface area (Å²) in [5, 5.41) is 15.8. The van der Waals surface area contributed by atoms with Gasteiger partial charge in [0, 0.05) is 6.04 Å². The Morgan fingerprint density at radius 1 is 1.39 bits per heavy atom. The second kappa shape index (κ2) is 6.47. The zero-order valence-electron chi connectivity index (χ0n) is 14.2. The highest BCUT2D eigenvalue weighted by Crippen LogP contribution is 2.52. The molecule has 1 aliphatic rings. The predicted molar refractivity (Wildman–Crippen MR) is 90.8 cm³/mol. The summed E-state index contributed by atoms with van der Waals surface area (Å²) in [5.74, 6) is -0.695. The van der Waals surface area contributed by atoms with Crippen LogP contribution in [0.15, 0.2) is 5.51 Å². The molecule has 7 heteroatoms. The molecule has 0 radical (unpaired) electrons. The molecule has 1 aromatic rings. The highest BCUT2D eigenvalue weighted by molar-refractivity contribution is 7.14. The third kappa shape index (κ3) is 3.49. The van der Waals surface area contributed by atoms with Crippen LogP contribution < -0.4 is 10.6 Å². The van der Waals surface area contributed by atoms with Crippen LogP contribution in [-0.2, 0) is 4.79 Å². The summed E-state index contributed by atoms with van der Waals surface area (Å²) >= 11 is 1.40. The first-order valence-corrected chi connectivity index (χ1v) is 8.76. The second-order valence-corrected chi connectivity index (χ2v) is 8.02. The third-order valence-electron chi connectivity index (χ3n) is 4.97. The van der Waals surface area contributed by atoms with Crippen molar-refractivity contribution in [2.75, 3.05) is 5.32 Å². The van der Waals surface area contributed by atoms with E-state index in [4.69, 9.17) is 0 Å². The van der Waals surface area contributed by atoms with E-state index in [1.54, 1.807) is 5.51 Å². The van der Waals surface area contributed by atoms with Crippen LogP contribution in [0.4, 0.5) is 9.80 Å². The molecule has 0 aromatic carbocycles. The summed E-state index contributed by atoms with van der Waals surface area (Å²) in [5.41, 5.74) is 2.29. The Morgan fingerprint density at radius 3 is 2.57 bits per heavy atom. The monoisotopic (exact) mass is 339 g/mol. The van der Waals surface area contributed by atoms with E-state index >= 15 is 0 Å². The molecule has 1 saturated carbocycles. The molecule has 3 atom stereocenters. The summed E-state index contributed by atoms with van der Waals surface area (Å²) in [6.45, 7) is 9.90. The van der Waals surface area contributed by atoms with Gasteiger partial charge in [0.2, 0.25) is 0 Å². The van der Waals surface area contributed by atoms with Crippen molar-refractivity contribution in [2.24, 2.45) is 17.3 Å². The minimum atomic E-state index is -0.755. The van der Waals surface area contributed by atoms with E-state index in [0.29, 0.717) is 6.42 Å². The Hall–Kier alpha value is -1.63. The first-order valence-electron chi connectivity index (χ1n) is 7.88. The van der Waals surface area contributed by atoms with Crippen LogP contribution in [0.2, 0.25) is 0 Å². The minimum absolute atomic E-state index is 0.0870. The van der Waals surface area contributed by atoms with Crippen molar-refractivity contribution in [1.29, 1.82) is 0 Å². The zero-order valence-corrected chi connectivity index (χ0v) is 15.0. The molecule has 1 aliphatic carbocycles. The smallest absolute Gasteiger partial charge is 0.320 e. The first kappa shape index (κ1) is 17.7. The Labute approximate surface area is 140 Å². The standard InChI is InChI=1S/C16H25N3O3S/c1-8(2)12-13(23-7-17-12)19-15(22)18-9(3)10-6-11(14(20)21)16(10,4)5/h7-11H,6H2,1-5H3,(H,20,21)(H2,18,19,22)/t9?,10-,11+/m0/s1. The minimum Gasteiger partial charge on any atom is -0.481 e. The SMILES string of the molecule is CC(C)c1ncsc1NC(=O)NC(C)[C@@H]1C[C@H](C(=O)O)C1(C)C. The molecule has 1 unspecified atom stereocenters. The fourth-order valence-corrected chi connectivity index (χ4v) is 4.27. The van der Waals surface area contributed by atoms with Crippen LogP contribution in [-0.4, -0.2) is 28.1 Å². The fraction of sp³-hybridized carbons (Fsp3) is 0.688. The normalized spacial score (nSPS) is 23.9. The van der Waals surface area contributed by atoms with Gasteiger partial charge in [-0.15, -0.1) is 11.3 Å². The highest BCUT2D eigenvalue weighted by Gasteiger charge is 2.53. The van der Waals surface area contributed by atoms with Gasteiger partial charge >= 0.3 is 12.0 Å². The topological polar surface area (TPSA) is 91.3 Å². The van der Waals surface area contributed by atoms with E-state index in [1.165, 1.54) is 11.3 Å². The zero-order chi connectivity index (χ0) is 17.4. The number of aromatic nitrogens is 1. The molecule has 2 amide bonds. The summed E-state index contributed by atoms with van der Waals surface area (Å²) in [6.07, 6.45) is 0.599. The van der Waals surface area contributed by atoms with Gasteiger partial charge in [-0.05, 0) is 30.6 Å². The summed E-state index contributed by atoms with van der Waals surface area (Å²) in [4.78, 5) is 27.7. The average molecular weight is 339 g/mol. The molecule has 128 valence electrons. The van der Waals surface area contributed by atoms with Crippen molar-refractivity contribution in [2.45, 2.75) is 53.0 Å². The number of carbonyl (C=O) groups is 2. The van der Waals surface area contributed by atoms with Crippen molar-refractivity contribution in [3.8, 4) is 0 Å². The van der Waals surface area contributed by atoms with Gasteiger partial charge in [0.05, 0.1) is 17.1 Å². The summed E-state index contributed by atoms with van der Waals surface area (Å²) in [7, 11) is 0. The molecule has 0 aliphatic heterocycles. The fourth-order valence-electron chi connectivity index (χ4n) is 3.43. The van der Waals surface area contributed by atoms with Crippen molar-refractivity contribution < 1.29 is 14.7 Å². The lowest BCUT2D eigenvalue weighted by molar-refractivity contribution is -0.160. The number of carbonyl (C=O) groups excluding carboxylic acids is 1. The van der Waals surface area contributed by atoms with Crippen LogP contribution in [0.3, 0.4) is 0 Å². The number of aliphatic carboxylic acids is 1. The van der Waals surface area contributed by atoms with Gasteiger partial charge in [0.1, 0.15) is 5.00 Å². The van der Waals surface area contributed by atoms with E-state index in [1.807, 2.05) is 34.6 Å². The molecule has 1 heterocycles. The third-order valence-corrected chi connectivity index (χ3v) is 5.73. The molecule has 3 N–H and O–H groups in total. The van der Waals surface area contributed by atoms with Gasteiger partial charge < -0.3 is 10.4 Å². The maximum atomic E-state index is 12.2. The number of anilines is 1. The lowest BCUT2D eigenvalue weighted by Crippen LogP contribution is -2.57. The van der Waals surface area contributed by atoms with E-state index < -0.39 is 5.97 Å². The molecule has 1 fully saturated rings. The molecule has 1 aromatic heterocycles. The van der Waals surface area contributed by atoms with Gasteiger partial charge in [-0.25, -0.2) is 9.78 Å². The Bertz CT molecular complexity index is 597. The highest BCUT2D eigenvalue weighted by atomic mass is 32.1. The Morgan fingerprint density at radius 2 is 2.04 bits per heavy atom. The van der Waals surface area contributed by atoms with Gasteiger partial charge in [-0.1, -0.05) is 27.7 Å². The average Bonchev–Trinajstić information content (AvgIpc) is 2.84.